The van der Waals surface area contributed by atoms with Crippen LogP contribution in [0.2, 0.25) is 0 Å². The predicted octanol–water partition coefficient (Wildman–Crippen LogP) is 3.93. The van der Waals surface area contributed by atoms with Crippen molar-refractivity contribution >= 4 is 34.7 Å². The number of anilines is 1. The van der Waals surface area contributed by atoms with Crippen LogP contribution in [-0.4, -0.2) is 35.7 Å². The highest BCUT2D eigenvalue weighted by Gasteiger charge is 2.24. The summed E-state index contributed by atoms with van der Waals surface area (Å²) in [6.45, 7) is 4.91. The monoisotopic (exact) mass is 447 g/mol. The Morgan fingerprint density at radius 3 is 2.59 bits per heavy atom. The summed E-state index contributed by atoms with van der Waals surface area (Å²) in [5.74, 6) is -0.694. The second-order valence-electron chi connectivity index (χ2n) is 7.92. The molecule has 0 spiro atoms. The molecule has 1 aliphatic heterocycles. The van der Waals surface area contributed by atoms with E-state index in [0.717, 1.165) is 12.0 Å². The summed E-state index contributed by atoms with van der Waals surface area (Å²) in [6.07, 6.45) is 0.870. The molecule has 4 rings (SSSR count). The molecule has 2 heterocycles. The van der Waals surface area contributed by atoms with Gasteiger partial charge in [-0.05, 0) is 67.1 Å². The Morgan fingerprint density at radius 2 is 1.81 bits per heavy atom. The Hall–Kier alpha value is -3.45. The molecule has 164 valence electrons. The van der Waals surface area contributed by atoms with Gasteiger partial charge in [0, 0.05) is 34.8 Å². The zero-order valence-corrected chi connectivity index (χ0v) is 18.9. The number of rotatable bonds is 5. The van der Waals surface area contributed by atoms with Gasteiger partial charge in [-0.25, -0.2) is 0 Å². The van der Waals surface area contributed by atoms with Crippen molar-refractivity contribution in [2.45, 2.75) is 26.8 Å². The Kier molecular flexibility index (Phi) is 6.37. The first-order valence-corrected chi connectivity index (χ1v) is 11.4. The van der Waals surface area contributed by atoms with E-state index in [0.29, 0.717) is 35.5 Å². The summed E-state index contributed by atoms with van der Waals surface area (Å²) in [4.78, 5) is 41.0. The standard InChI is InChI=1S/C25H25N3O3S/c1-16-6-8-18(9-7-16)24(30)26-14-23(29)27-21-5-3-4-20(17(21)2)25(31)28-12-10-22-19(15-28)11-13-32-22/h3-9,11,13H,10,12,14-15H2,1-2H3,(H,26,30)(H,27,29). The number of hydrogen-bond donors (Lipinski definition) is 2. The smallest absolute Gasteiger partial charge is 0.254 e. The Labute approximate surface area is 191 Å². The molecule has 0 saturated carbocycles. The number of fused-ring (bicyclic) bond motifs is 1. The van der Waals surface area contributed by atoms with Crippen molar-refractivity contribution in [3.63, 3.8) is 0 Å². The first-order valence-electron chi connectivity index (χ1n) is 10.5. The third kappa shape index (κ3) is 4.73. The van der Waals surface area contributed by atoms with Crippen molar-refractivity contribution in [2.75, 3.05) is 18.4 Å². The maximum atomic E-state index is 13.1. The number of benzene rings is 2. The molecular formula is C25H25N3O3S. The van der Waals surface area contributed by atoms with E-state index in [-0.39, 0.29) is 24.3 Å². The van der Waals surface area contributed by atoms with Gasteiger partial charge in [-0.3, -0.25) is 14.4 Å². The van der Waals surface area contributed by atoms with Gasteiger partial charge in [0.05, 0.1) is 6.54 Å². The SMILES string of the molecule is Cc1ccc(C(=O)NCC(=O)Nc2cccc(C(=O)N3CCc4sccc4C3)c2C)cc1. The lowest BCUT2D eigenvalue weighted by atomic mass is 10.0. The Morgan fingerprint density at radius 1 is 1.03 bits per heavy atom. The molecule has 32 heavy (non-hydrogen) atoms. The van der Waals surface area contributed by atoms with E-state index >= 15 is 0 Å². The molecular weight excluding hydrogens is 422 g/mol. The zero-order chi connectivity index (χ0) is 22.7. The molecule has 0 unspecified atom stereocenters. The van der Waals surface area contributed by atoms with Crippen LogP contribution in [0.4, 0.5) is 5.69 Å². The molecule has 0 radical (unpaired) electrons. The summed E-state index contributed by atoms with van der Waals surface area (Å²) in [6, 6.07) is 14.5. The fraction of sp³-hybridized carbons (Fsp3) is 0.240. The second kappa shape index (κ2) is 9.36. The Balaban J connectivity index is 1.39. The molecule has 0 aliphatic carbocycles. The van der Waals surface area contributed by atoms with Crippen LogP contribution in [0, 0.1) is 13.8 Å². The number of carbonyl (C=O) groups excluding carboxylic acids is 3. The molecule has 3 amide bonds. The summed E-state index contributed by atoms with van der Waals surface area (Å²) in [5.41, 5.74) is 4.63. The van der Waals surface area contributed by atoms with Crippen molar-refractivity contribution in [3.05, 3.63) is 86.6 Å². The van der Waals surface area contributed by atoms with Crippen molar-refractivity contribution in [2.24, 2.45) is 0 Å². The van der Waals surface area contributed by atoms with Gasteiger partial charge in [-0.2, -0.15) is 0 Å². The first-order chi connectivity index (χ1) is 15.4. The van der Waals surface area contributed by atoms with E-state index in [2.05, 4.69) is 22.1 Å². The minimum atomic E-state index is -0.348. The average Bonchev–Trinajstić information content (AvgIpc) is 3.27. The highest BCUT2D eigenvalue weighted by Crippen LogP contribution is 2.27. The molecule has 1 aromatic heterocycles. The number of aryl methyl sites for hydroxylation is 1. The van der Waals surface area contributed by atoms with Crippen molar-refractivity contribution in [1.29, 1.82) is 0 Å². The van der Waals surface area contributed by atoms with Crippen LogP contribution < -0.4 is 10.6 Å². The average molecular weight is 448 g/mol. The third-order valence-electron chi connectivity index (χ3n) is 5.66. The van der Waals surface area contributed by atoms with Crippen LogP contribution >= 0.6 is 11.3 Å². The van der Waals surface area contributed by atoms with E-state index < -0.39 is 0 Å². The van der Waals surface area contributed by atoms with Gasteiger partial charge >= 0.3 is 0 Å². The van der Waals surface area contributed by atoms with Crippen LogP contribution in [0.25, 0.3) is 0 Å². The molecule has 3 aromatic rings. The van der Waals surface area contributed by atoms with E-state index in [1.54, 1.807) is 41.7 Å². The number of nitrogens with one attached hydrogen (secondary N) is 2. The summed E-state index contributed by atoms with van der Waals surface area (Å²) >= 11 is 1.74. The van der Waals surface area contributed by atoms with Gasteiger partial charge in [0.1, 0.15) is 0 Å². The minimum absolute atomic E-state index is 0.0388. The Bertz CT molecular complexity index is 1170. The summed E-state index contributed by atoms with van der Waals surface area (Å²) < 4.78 is 0. The van der Waals surface area contributed by atoms with Crippen molar-refractivity contribution in [3.8, 4) is 0 Å². The van der Waals surface area contributed by atoms with Crippen LogP contribution in [-0.2, 0) is 17.8 Å². The zero-order valence-electron chi connectivity index (χ0n) is 18.1. The minimum Gasteiger partial charge on any atom is -0.343 e. The van der Waals surface area contributed by atoms with Gasteiger partial charge in [0.15, 0.2) is 0 Å². The molecule has 0 fully saturated rings. The first kappa shape index (κ1) is 21.8. The molecule has 0 saturated heterocycles. The fourth-order valence-corrected chi connectivity index (χ4v) is 4.65. The van der Waals surface area contributed by atoms with Crippen LogP contribution in [0.3, 0.4) is 0 Å². The van der Waals surface area contributed by atoms with E-state index in [4.69, 9.17) is 0 Å². The highest BCUT2D eigenvalue weighted by molar-refractivity contribution is 7.10. The molecule has 0 bridgehead atoms. The maximum Gasteiger partial charge on any atom is 0.254 e. The summed E-state index contributed by atoms with van der Waals surface area (Å²) in [7, 11) is 0. The van der Waals surface area contributed by atoms with Gasteiger partial charge in [0.2, 0.25) is 5.91 Å². The number of amides is 3. The lowest BCUT2D eigenvalue weighted by Crippen LogP contribution is -2.36. The summed E-state index contributed by atoms with van der Waals surface area (Å²) in [5, 5.41) is 7.51. The number of thiophene rings is 1. The highest BCUT2D eigenvalue weighted by atomic mass is 32.1. The predicted molar refractivity (Wildman–Crippen MR) is 126 cm³/mol. The van der Waals surface area contributed by atoms with Gasteiger partial charge < -0.3 is 15.5 Å². The van der Waals surface area contributed by atoms with Gasteiger partial charge in [-0.1, -0.05) is 23.8 Å². The molecule has 0 atom stereocenters. The van der Waals surface area contributed by atoms with Crippen LogP contribution in [0.1, 0.15) is 42.3 Å². The largest absolute Gasteiger partial charge is 0.343 e. The molecule has 7 heteroatoms. The van der Waals surface area contributed by atoms with Crippen molar-refractivity contribution < 1.29 is 14.4 Å². The fourth-order valence-electron chi connectivity index (χ4n) is 3.76. The second-order valence-corrected chi connectivity index (χ2v) is 8.92. The maximum absolute atomic E-state index is 13.1. The van der Waals surface area contributed by atoms with Gasteiger partial charge in [-0.15, -0.1) is 11.3 Å². The molecule has 2 aromatic carbocycles. The normalized spacial score (nSPS) is 12.8. The topological polar surface area (TPSA) is 78.5 Å². The third-order valence-corrected chi connectivity index (χ3v) is 6.68. The number of carbonyl (C=O) groups is 3. The van der Waals surface area contributed by atoms with E-state index in [1.807, 2.05) is 30.9 Å². The van der Waals surface area contributed by atoms with Crippen molar-refractivity contribution in [1.82, 2.24) is 10.2 Å². The van der Waals surface area contributed by atoms with Crippen LogP contribution in [0.15, 0.2) is 53.9 Å². The van der Waals surface area contributed by atoms with Gasteiger partial charge in [0.25, 0.3) is 11.8 Å². The quantitative estimate of drug-likeness (QED) is 0.622. The lowest BCUT2D eigenvalue weighted by Gasteiger charge is -2.28. The van der Waals surface area contributed by atoms with E-state index in [9.17, 15) is 14.4 Å². The molecule has 2 N–H and O–H groups in total. The number of hydrogen-bond acceptors (Lipinski definition) is 4. The molecule has 1 aliphatic rings. The molecule has 6 nitrogen and oxygen atoms in total. The van der Waals surface area contributed by atoms with E-state index in [1.165, 1.54) is 10.4 Å². The lowest BCUT2D eigenvalue weighted by molar-refractivity contribution is -0.115. The number of nitrogens with zero attached hydrogens (tertiary/aromatic N) is 1. The van der Waals surface area contributed by atoms with Crippen LogP contribution in [0.5, 0.6) is 0 Å².